The zero-order chi connectivity index (χ0) is 28.4. The number of amides is 1. The summed E-state index contributed by atoms with van der Waals surface area (Å²) in [5, 5.41) is 16.6. The number of anilines is 1. The largest absolute Gasteiger partial charge is 0.480 e. The second kappa shape index (κ2) is 11.0. The number of fused-ring (bicyclic) bond motifs is 1. The predicted molar refractivity (Wildman–Crippen MR) is 154 cm³/mol. The summed E-state index contributed by atoms with van der Waals surface area (Å²) in [5.41, 5.74) is 6.37. The maximum Gasteiger partial charge on any atom is 0.326 e. The molecule has 0 aliphatic carbocycles. The van der Waals surface area contributed by atoms with Crippen molar-refractivity contribution in [3.05, 3.63) is 89.0 Å². The number of benzene rings is 3. The van der Waals surface area contributed by atoms with Crippen molar-refractivity contribution in [2.24, 2.45) is 0 Å². The van der Waals surface area contributed by atoms with E-state index in [4.69, 9.17) is 4.52 Å². The summed E-state index contributed by atoms with van der Waals surface area (Å²) in [6, 6.07) is 19.6. The van der Waals surface area contributed by atoms with Gasteiger partial charge >= 0.3 is 5.97 Å². The summed E-state index contributed by atoms with van der Waals surface area (Å²) < 4.78 is 5.64. The molecule has 0 spiro atoms. The number of hydrogen-bond donors (Lipinski definition) is 2. The van der Waals surface area contributed by atoms with Crippen LogP contribution in [0.4, 0.5) is 5.69 Å². The van der Waals surface area contributed by atoms with Crippen LogP contribution >= 0.6 is 0 Å². The highest BCUT2D eigenvalue weighted by atomic mass is 16.5. The second-order valence-corrected chi connectivity index (χ2v) is 11.3. The highest BCUT2D eigenvalue weighted by molar-refractivity contribution is 5.96. The summed E-state index contributed by atoms with van der Waals surface area (Å²) >= 11 is 0. The third-order valence-corrected chi connectivity index (χ3v) is 7.41. The van der Waals surface area contributed by atoms with Crippen molar-refractivity contribution in [3.63, 3.8) is 0 Å². The normalized spacial score (nSPS) is 13.9. The number of carbonyl (C=O) groups is 2. The zero-order valence-corrected chi connectivity index (χ0v) is 23.3. The molecule has 1 aliphatic rings. The maximum atomic E-state index is 12.8. The molecule has 4 aromatic rings. The van der Waals surface area contributed by atoms with Crippen LogP contribution < -0.4 is 10.2 Å². The van der Waals surface area contributed by atoms with E-state index < -0.39 is 17.9 Å². The lowest BCUT2D eigenvalue weighted by Gasteiger charge is -2.28. The highest BCUT2D eigenvalue weighted by Crippen LogP contribution is 2.34. The van der Waals surface area contributed by atoms with Gasteiger partial charge in [-0.2, -0.15) is 4.98 Å². The second-order valence-electron chi connectivity index (χ2n) is 11.3. The minimum Gasteiger partial charge on any atom is -0.480 e. The summed E-state index contributed by atoms with van der Waals surface area (Å²) in [4.78, 5) is 31.6. The molecule has 3 aromatic carbocycles. The summed E-state index contributed by atoms with van der Waals surface area (Å²) in [5.74, 6) is -0.568. The summed E-state index contributed by atoms with van der Waals surface area (Å²) in [7, 11) is 2.09. The number of nitrogens with one attached hydrogen (secondary N) is 1. The summed E-state index contributed by atoms with van der Waals surface area (Å²) in [6.45, 7) is 7.31. The van der Waals surface area contributed by atoms with Crippen LogP contribution in [0.2, 0.25) is 0 Å². The van der Waals surface area contributed by atoms with E-state index >= 15 is 0 Å². The molecular formula is C32H34N4O4. The number of carboxylic acids is 1. The lowest BCUT2D eigenvalue weighted by Crippen LogP contribution is -2.42. The van der Waals surface area contributed by atoms with E-state index in [1.807, 2.05) is 48.5 Å². The van der Waals surface area contributed by atoms with Crippen molar-refractivity contribution in [1.82, 2.24) is 15.5 Å². The van der Waals surface area contributed by atoms with Crippen LogP contribution in [0.25, 0.3) is 22.8 Å². The number of aliphatic carboxylic acids is 1. The molecule has 8 nitrogen and oxygen atoms in total. The Bertz CT molecular complexity index is 1520. The molecule has 2 heterocycles. The van der Waals surface area contributed by atoms with Crippen LogP contribution in [0.1, 0.15) is 54.2 Å². The van der Waals surface area contributed by atoms with Gasteiger partial charge in [-0.1, -0.05) is 68.4 Å². The molecule has 0 unspecified atom stereocenters. The van der Waals surface area contributed by atoms with Crippen molar-refractivity contribution in [1.29, 1.82) is 0 Å². The quantitative estimate of drug-likeness (QED) is 0.319. The Morgan fingerprint density at radius 3 is 2.45 bits per heavy atom. The first kappa shape index (κ1) is 27.1. The van der Waals surface area contributed by atoms with Crippen LogP contribution in [0.5, 0.6) is 0 Å². The van der Waals surface area contributed by atoms with Gasteiger partial charge in [0.2, 0.25) is 5.82 Å². The third kappa shape index (κ3) is 5.76. The molecular weight excluding hydrogens is 504 g/mol. The monoisotopic (exact) mass is 538 g/mol. The minimum absolute atomic E-state index is 0.0359. The number of aromatic nitrogens is 2. The molecule has 1 atom stereocenters. The smallest absolute Gasteiger partial charge is 0.326 e. The highest BCUT2D eigenvalue weighted by Gasteiger charge is 2.23. The molecule has 5 rings (SSSR count). The molecule has 0 bridgehead atoms. The van der Waals surface area contributed by atoms with Crippen molar-refractivity contribution in [2.45, 2.75) is 51.5 Å². The molecule has 1 aliphatic heterocycles. The number of nitrogens with zero attached hydrogens (tertiary/aromatic N) is 3. The fraction of sp³-hybridized carbons (Fsp3) is 0.312. The van der Waals surface area contributed by atoms with Crippen molar-refractivity contribution in [3.8, 4) is 22.8 Å². The van der Waals surface area contributed by atoms with Crippen LogP contribution in [-0.2, 0) is 23.1 Å². The molecule has 1 aromatic heterocycles. The van der Waals surface area contributed by atoms with E-state index in [1.165, 1.54) is 11.3 Å². The van der Waals surface area contributed by atoms with Crippen LogP contribution in [-0.4, -0.2) is 46.8 Å². The van der Waals surface area contributed by atoms with Crippen molar-refractivity contribution < 1.29 is 19.2 Å². The molecule has 0 saturated carbocycles. The zero-order valence-electron chi connectivity index (χ0n) is 23.3. The number of hydrogen-bond acceptors (Lipinski definition) is 6. The number of carbonyl (C=O) groups excluding carboxylic acids is 1. The molecule has 1 amide bonds. The molecule has 2 N–H and O–H groups in total. The Balaban J connectivity index is 1.27. The first-order chi connectivity index (χ1) is 19.1. The fourth-order valence-corrected chi connectivity index (χ4v) is 5.05. The van der Waals surface area contributed by atoms with Gasteiger partial charge in [-0.15, -0.1) is 0 Å². The molecule has 0 radical (unpaired) electrons. The molecule has 8 heteroatoms. The first-order valence-corrected chi connectivity index (χ1v) is 13.5. The van der Waals surface area contributed by atoms with Gasteiger partial charge in [0.05, 0.1) is 0 Å². The van der Waals surface area contributed by atoms with Gasteiger partial charge in [-0.05, 0) is 59.2 Å². The van der Waals surface area contributed by atoms with E-state index in [0.29, 0.717) is 17.3 Å². The van der Waals surface area contributed by atoms with E-state index in [9.17, 15) is 14.7 Å². The van der Waals surface area contributed by atoms with Gasteiger partial charge < -0.3 is 19.8 Å². The molecule has 0 fully saturated rings. The van der Waals surface area contributed by atoms with E-state index in [1.54, 1.807) is 12.1 Å². The van der Waals surface area contributed by atoms with Crippen molar-refractivity contribution in [2.75, 3.05) is 18.5 Å². The average Bonchev–Trinajstić information content (AvgIpc) is 3.43. The molecule has 206 valence electrons. The Labute approximate surface area is 234 Å². The molecule has 40 heavy (non-hydrogen) atoms. The van der Waals surface area contributed by atoms with E-state index in [0.717, 1.165) is 41.6 Å². The van der Waals surface area contributed by atoms with Gasteiger partial charge in [-0.25, -0.2) is 4.79 Å². The van der Waals surface area contributed by atoms with Gasteiger partial charge in [0, 0.05) is 42.4 Å². The van der Waals surface area contributed by atoms with E-state index in [2.05, 4.69) is 54.2 Å². The summed E-state index contributed by atoms with van der Waals surface area (Å²) in [6.07, 6.45) is 2.18. The van der Waals surface area contributed by atoms with Crippen molar-refractivity contribution >= 4 is 17.6 Å². The Morgan fingerprint density at radius 1 is 1.05 bits per heavy atom. The van der Waals surface area contributed by atoms with Crippen LogP contribution in [0.15, 0.2) is 71.3 Å². The Morgan fingerprint density at radius 2 is 1.77 bits per heavy atom. The van der Waals surface area contributed by atoms with Gasteiger partial charge in [0.1, 0.15) is 6.04 Å². The van der Waals surface area contributed by atoms with Gasteiger partial charge in [0.15, 0.2) is 0 Å². The fourth-order valence-electron chi connectivity index (χ4n) is 5.05. The minimum atomic E-state index is -1.09. The number of carboxylic acid groups (broad SMARTS) is 1. The van der Waals surface area contributed by atoms with Crippen LogP contribution in [0.3, 0.4) is 0 Å². The number of rotatable bonds is 7. The van der Waals surface area contributed by atoms with E-state index in [-0.39, 0.29) is 11.8 Å². The predicted octanol–water partition coefficient (Wildman–Crippen LogP) is 5.51. The Kier molecular flexibility index (Phi) is 7.43. The Hall–Kier alpha value is -4.46. The average molecular weight is 539 g/mol. The van der Waals surface area contributed by atoms with Crippen LogP contribution in [0, 0.1) is 0 Å². The standard InChI is InChI=1S/C32H34N4O4/c1-32(2,3)23-16-14-22(15-17-23)29(37)33-26(31(38)39)19-20-10-12-21(13-11-20)28-34-30(40-35-28)25-7-5-9-27-24(25)8-6-18-36(27)4/h5,7,9-17,26H,6,8,18-19H2,1-4H3,(H,33,37)(H,38,39)/t26-/m0/s1. The first-order valence-electron chi connectivity index (χ1n) is 13.5. The molecule has 0 saturated heterocycles. The lowest BCUT2D eigenvalue weighted by atomic mass is 9.86. The maximum absolute atomic E-state index is 12.8. The topological polar surface area (TPSA) is 109 Å². The third-order valence-electron chi connectivity index (χ3n) is 7.41. The lowest BCUT2D eigenvalue weighted by molar-refractivity contribution is -0.139. The SMILES string of the molecule is CN1CCCc2c(-c3nc(-c4ccc(C[C@H](NC(=O)c5ccc(C(C)(C)C)cc5)C(=O)O)cc4)no3)cccc21. The van der Waals surface area contributed by atoms with Gasteiger partial charge in [0.25, 0.3) is 11.8 Å². The van der Waals surface area contributed by atoms with Gasteiger partial charge in [-0.3, -0.25) is 4.79 Å².